The van der Waals surface area contributed by atoms with Crippen molar-refractivity contribution in [1.29, 1.82) is 0 Å². The zero-order chi connectivity index (χ0) is 25.9. The Balaban J connectivity index is 1.41. The smallest absolute Gasteiger partial charge is 0.254 e. The summed E-state index contributed by atoms with van der Waals surface area (Å²) >= 11 is 0. The van der Waals surface area contributed by atoms with E-state index in [1.807, 2.05) is 50.1 Å². The van der Waals surface area contributed by atoms with Gasteiger partial charge in [0.2, 0.25) is 5.91 Å². The highest BCUT2D eigenvalue weighted by molar-refractivity contribution is 5.99. The van der Waals surface area contributed by atoms with Gasteiger partial charge in [-0.05, 0) is 75.4 Å². The third-order valence-electron chi connectivity index (χ3n) is 7.64. The van der Waals surface area contributed by atoms with Gasteiger partial charge in [-0.2, -0.15) is 0 Å². The van der Waals surface area contributed by atoms with Gasteiger partial charge >= 0.3 is 0 Å². The zero-order valence-corrected chi connectivity index (χ0v) is 22.2. The largest absolute Gasteiger partial charge is 0.339 e. The molecule has 1 atom stereocenters. The van der Waals surface area contributed by atoms with E-state index in [-0.39, 0.29) is 18.0 Å². The number of nitrogens with one attached hydrogen (secondary N) is 1. The summed E-state index contributed by atoms with van der Waals surface area (Å²) < 4.78 is 0. The van der Waals surface area contributed by atoms with Crippen molar-refractivity contribution in [3.05, 3.63) is 59.2 Å². The number of nitrogens with zero attached hydrogens (tertiary/aromatic N) is 3. The maximum absolute atomic E-state index is 13.0. The van der Waals surface area contributed by atoms with Crippen LogP contribution in [0.3, 0.4) is 0 Å². The number of rotatable bonds is 9. The van der Waals surface area contributed by atoms with E-state index in [0.29, 0.717) is 13.0 Å². The summed E-state index contributed by atoms with van der Waals surface area (Å²) in [7, 11) is 8.01. The van der Waals surface area contributed by atoms with Crippen LogP contribution in [0.2, 0.25) is 0 Å². The second-order valence-corrected chi connectivity index (χ2v) is 11.0. The van der Waals surface area contributed by atoms with Crippen molar-refractivity contribution in [3.63, 3.8) is 0 Å². The second-order valence-electron chi connectivity index (χ2n) is 11.0. The van der Waals surface area contributed by atoms with Crippen molar-refractivity contribution in [2.75, 3.05) is 41.3 Å². The summed E-state index contributed by atoms with van der Waals surface area (Å²) in [4.78, 5) is 31.8. The van der Waals surface area contributed by atoms with Crippen LogP contribution in [0.5, 0.6) is 0 Å². The molecule has 1 aliphatic heterocycles. The molecule has 4 rings (SSSR count). The van der Waals surface area contributed by atoms with Gasteiger partial charge in [-0.1, -0.05) is 49.6 Å². The van der Waals surface area contributed by atoms with Crippen molar-refractivity contribution in [2.45, 2.75) is 56.8 Å². The van der Waals surface area contributed by atoms with Gasteiger partial charge in [0.25, 0.3) is 5.91 Å². The monoisotopic (exact) mass is 491 g/mol. The Morgan fingerprint density at radius 2 is 1.69 bits per heavy atom. The van der Waals surface area contributed by atoms with Crippen molar-refractivity contribution in [1.82, 2.24) is 20.0 Å². The molecule has 2 aliphatic rings. The first-order chi connectivity index (χ1) is 17.2. The molecule has 1 aliphatic carbocycles. The fourth-order valence-electron chi connectivity index (χ4n) is 5.19. The van der Waals surface area contributed by atoms with Crippen LogP contribution in [0.25, 0.3) is 11.1 Å². The van der Waals surface area contributed by atoms with E-state index in [2.05, 4.69) is 40.5 Å². The minimum absolute atomic E-state index is 0.0372. The molecule has 2 aromatic carbocycles. The summed E-state index contributed by atoms with van der Waals surface area (Å²) in [6, 6.07) is 14.6. The number of benzene rings is 2. The van der Waals surface area contributed by atoms with Gasteiger partial charge in [0.05, 0.1) is 11.7 Å². The van der Waals surface area contributed by atoms with Crippen LogP contribution in [-0.2, 0) is 17.8 Å². The number of likely N-dealkylation sites (N-methyl/N-ethyl adjacent to an activating group) is 2. The molecule has 0 bridgehead atoms. The van der Waals surface area contributed by atoms with Crippen LogP contribution >= 0.6 is 0 Å². The van der Waals surface area contributed by atoms with E-state index in [1.165, 1.54) is 0 Å². The zero-order valence-electron chi connectivity index (χ0n) is 22.2. The van der Waals surface area contributed by atoms with Gasteiger partial charge in [-0.25, -0.2) is 0 Å². The highest BCUT2D eigenvalue weighted by Crippen LogP contribution is 2.29. The number of hydrogen-bond acceptors (Lipinski definition) is 5. The Bertz CT molecular complexity index is 1070. The first-order valence-electron chi connectivity index (χ1n) is 13.1. The molecule has 2 aromatic rings. The summed E-state index contributed by atoms with van der Waals surface area (Å²) in [5, 5.41) is 3.20. The van der Waals surface area contributed by atoms with E-state index in [9.17, 15) is 9.59 Å². The Kier molecular flexibility index (Phi) is 8.13. The third kappa shape index (κ3) is 5.97. The molecule has 1 heterocycles. The molecule has 36 heavy (non-hydrogen) atoms. The van der Waals surface area contributed by atoms with Crippen molar-refractivity contribution < 1.29 is 9.59 Å². The first-order valence-corrected chi connectivity index (χ1v) is 13.1. The summed E-state index contributed by atoms with van der Waals surface area (Å²) in [5.74, 6) is 0.0860. The number of carbonyl (C=O) groups is 2. The average molecular weight is 492 g/mol. The molecule has 0 aromatic heterocycles. The van der Waals surface area contributed by atoms with E-state index in [4.69, 9.17) is 5.73 Å². The van der Waals surface area contributed by atoms with E-state index >= 15 is 0 Å². The van der Waals surface area contributed by atoms with Crippen LogP contribution in [0, 0.1) is 0 Å². The maximum Gasteiger partial charge on any atom is 0.254 e. The maximum atomic E-state index is 13.0. The number of hydrogen-bond donors (Lipinski definition) is 2. The van der Waals surface area contributed by atoms with Gasteiger partial charge in [0.15, 0.2) is 0 Å². The Morgan fingerprint density at radius 1 is 1.03 bits per heavy atom. The van der Waals surface area contributed by atoms with Crippen LogP contribution in [0.15, 0.2) is 42.5 Å². The van der Waals surface area contributed by atoms with Crippen LogP contribution in [0.1, 0.15) is 53.6 Å². The minimum Gasteiger partial charge on any atom is -0.339 e. The highest BCUT2D eigenvalue weighted by atomic mass is 16.2. The van der Waals surface area contributed by atoms with Crippen molar-refractivity contribution in [2.24, 2.45) is 5.73 Å². The van der Waals surface area contributed by atoms with Crippen LogP contribution in [0.4, 0.5) is 0 Å². The second kappa shape index (κ2) is 11.1. The summed E-state index contributed by atoms with van der Waals surface area (Å²) in [5.41, 5.74) is 11.0. The molecule has 7 nitrogen and oxygen atoms in total. The molecule has 3 N–H and O–H groups in total. The lowest BCUT2D eigenvalue weighted by Crippen LogP contribution is -2.59. The molecule has 0 spiro atoms. The lowest BCUT2D eigenvalue weighted by molar-refractivity contribution is -0.129. The standard InChI is InChI=1S/C29H41N5O2/c1-32(2)16-17-34-20-24-19-23(12-13-25(24)27(34)35)22-10-8-21(9-11-22)18-26(33(3)4)31-28(36)29(30)14-6-5-7-15-29/h8-13,19,26H,5-7,14-18,20,30H2,1-4H3,(H,31,36). The summed E-state index contributed by atoms with van der Waals surface area (Å²) in [6.45, 7) is 2.26. The predicted octanol–water partition coefficient (Wildman–Crippen LogP) is 3.08. The fourth-order valence-corrected chi connectivity index (χ4v) is 5.19. The number of fused-ring (bicyclic) bond motifs is 1. The normalized spacial score (nSPS) is 18.0. The fraction of sp³-hybridized carbons (Fsp3) is 0.517. The molecule has 1 saturated carbocycles. The van der Waals surface area contributed by atoms with E-state index in [0.717, 1.165) is 73.0 Å². The summed E-state index contributed by atoms with van der Waals surface area (Å²) in [6.07, 6.45) is 5.29. The van der Waals surface area contributed by atoms with Crippen molar-refractivity contribution >= 4 is 11.8 Å². The highest BCUT2D eigenvalue weighted by Gasteiger charge is 2.36. The lowest BCUT2D eigenvalue weighted by atomic mass is 9.82. The molecular formula is C29H41N5O2. The molecule has 1 fully saturated rings. The van der Waals surface area contributed by atoms with Crippen LogP contribution < -0.4 is 11.1 Å². The Labute approximate surface area is 215 Å². The molecule has 0 saturated heterocycles. The SMILES string of the molecule is CN(C)CCN1Cc2cc(-c3ccc(CC(NC(=O)C4(N)CCCCC4)N(C)C)cc3)ccc2C1=O. The number of amides is 2. The minimum atomic E-state index is -0.743. The van der Waals surface area contributed by atoms with Crippen molar-refractivity contribution in [3.8, 4) is 11.1 Å². The molecule has 0 radical (unpaired) electrons. The molecular weight excluding hydrogens is 450 g/mol. The number of nitrogens with two attached hydrogens (primary N) is 1. The predicted molar refractivity (Wildman–Crippen MR) is 144 cm³/mol. The number of carbonyl (C=O) groups excluding carboxylic acids is 2. The Morgan fingerprint density at radius 3 is 2.33 bits per heavy atom. The first kappa shape index (κ1) is 26.3. The van der Waals surface area contributed by atoms with Gasteiger partial charge < -0.3 is 20.9 Å². The van der Waals surface area contributed by atoms with E-state index in [1.54, 1.807) is 0 Å². The van der Waals surface area contributed by atoms with Gasteiger partial charge in [-0.15, -0.1) is 0 Å². The van der Waals surface area contributed by atoms with Crippen LogP contribution in [-0.4, -0.2) is 79.5 Å². The average Bonchev–Trinajstić information content (AvgIpc) is 3.17. The van der Waals surface area contributed by atoms with Gasteiger partial charge in [0.1, 0.15) is 0 Å². The topological polar surface area (TPSA) is 81.9 Å². The lowest BCUT2D eigenvalue weighted by Gasteiger charge is -2.35. The molecule has 2 amide bonds. The Hall–Kier alpha value is -2.74. The molecule has 194 valence electrons. The quantitative estimate of drug-likeness (QED) is 0.527. The van der Waals surface area contributed by atoms with Gasteiger partial charge in [0, 0.05) is 31.6 Å². The molecule has 7 heteroatoms. The molecule has 1 unspecified atom stereocenters. The van der Waals surface area contributed by atoms with Gasteiger partial charge in [-0.3, -0.25) is 14.5 Å². The van der Waals surface area contributed by atoms with E-state index < -0.39 is 5.54 Å². The third-order valence-corrected chi connectivity index (χ3v) is 7.64.